The van der Waals surface area contributed by atoms with Crippen LogP contribution in [0.4, 0.5) is 26.2 Å². The molecule has 2 aromatic rings. The number of ether oxygens (including phenoxy) is 3. The first-order valence-electron chi connectivity index (χ1n) is 10.9. The minimum absolute atomic E-state index is 0.00589. The van der Waals surface area contributed by atoms with E-state index in [0.29, 0.717) is 37.9 Å². The van der Waals surface area contributed by atoms with Gasteiger partial charge in [-0.25, -0.2) is 19.0 Å². The molecule has 8 nitrogen and oxygen atoms in total. The molecule has 1 amide bonds. The van der Waals surface area contributed by atoms with Crippen LogP contribution in [0.2, 0.25) is 0 Å². The number of aromatic nitrogens is 1. The highest BCUT2D eigenvalue weighted by Gasteiger charge is 2.44. The molecule has 2 fully saturated rings. The van der Waals surface area contributed by atoms with E-state index >= 15 is 0 Å². The number of anilines is 2. The summed E-state index contributed by atoms with van der Waals surface area (Å²) in [6, 6.07) is 6.05. The van der Waals surface area contributed by atoms with Gasteiger partial charge in [-0.3, -0.25) is 0 Å². The summed E-state index contributed by atoms with van der Waals surface area (Å²) in [6.07, 6.45) is 0.967. The highest BCUT2D eigenvalue weighted by Crippen LogP contribution is 2.34. The van der Waals surface area contributed by atoms with E-state index in [2.05, 4.69) is 15.1 Å². The zero-order valence-electron chi connectivity index (χ0n) is 18.9. The Morgan fingerprint density at radius 1 is 1.27 bits per heavy atom. The number of benzene rings is 1. The van der Waals surface area contributed by atoms with Crippen LogP contribution >= 0.6 is 0 Å². The van der Waals surface area contributed by atoms with Crippen LogP contribution in [0.1, 0.15) is 19.4 Å². The molecule has 0 saturated carbocycles. The zero-order chi connectivity index (χ0) is 23.5. The van der Waals surface area contributed by atoms with Gasteiger partial charge in [0.05, 0.1) is 31.6 Å². The van der Waals surface area contributed by atoms with Crippen molar-refractivity contribution in [2.75, 3.05) is 31.6 Å². The van der Waals surface area contributed by atoms with Gasteiger partial charge in [0.1, 0.15) is 11.9 Å². The molecule has 3 heterocycles. The van der Waals surface area contributed by atoms with Crippen LogP contribution in [0.25, 0.3) is 4.85 Å². The summed E-state index contributed by atoms with van der Waals surface area (Å²) in [7, 11) is 0. The minimum atomic E-state index is -0.505. The molecule has 2 bridgehead atoms. The number of halogens is 1. The van der Waals surface area contributed by atoms with Gasteiger partial charge in [-0.05, 0) is 39.0 Å². The zero-order valence-corrected chi connectivity index (χ0v) is 18.9. The number of likely N-dealkylation sites (tertiary alicyclic amines) is 1. The predicted molar refractivity (Wildman–Crippen MR) is 120 cm³/mol. The third kappa shape index (κ3) is 5.01. The number of hydrogen-bond donors (Lipinski definition) is 1. The van der Waals surface area contributed by atoms with Crippen molar-refractivity contribution in [1.29, 1.82) is 0 Å². The molecule has 174 valence electrons. The first-order chi connectivity index (χ1) is 15.9. The SMILES string of the molecule is [C-]#[N+]c1ccc(Nc2ccnc(OC3C4COCC3CN(C(=O)OC(C)C)C4)c2C)c(F)c1. The molecular weight excluding hydrogens is 427 g/mol. The van der Waals surface area contributed by atoms with Crippen molar-refractivity contribution < 1.29 is 23.4 Å². The summed E-state index contributed by atoms with van der Waals surface area (Å²) in [5.74, 6) is -0.0601. The molecule has 1 N–H and O–H groups in total. The van der Waals surface area contributed by atoms with E-state index in [9.17, 15) is 9.18 Å². The fourth-order valence-electron chi connectivity index (χ4n) is 4.24. The van der Waals surface area contributed by atoms with Crippen molar-refractivity contribution >= 4 is 23.2 Å². The van der Waals surface area contributed by atoms with Crippen molar-refractivity contribution in [2.24, 2.45) is 11.8 Å². The molecule has 9 heteroatoms. The summed E-state index contributed by atoms with van der Waals surface area (Å²) in [5, 5.41) is 3.07. The quantitative estimate of drug-likeness (QED) is 0.661. The number of nitrogens with zero attached hydrogens (tertiary/aromatic N) is 3. The Hall–Kier alpha value is -3.38. The largest absolute Gasteiger partial charge is 0.473 e. The van der Waals surface area contributed by atoms with Gasteiger partial charge in [0, 0.05) is 42.4 Å². The summed E-state index contributed by atoms with van der Waals surface area (Å²) >= 11 is 0. The smallest absolute Gasteiger partial charge is 0.410 e. The number of pyridine rings is 1. The Bertz CT molecular complexity index is 1060. The molecule has 2 atom stereocenters. The number of rotatable bonds is 5. The molecule has 33 heavy (non-hydrogen) atoms. The average Bonchev–Trinajstić information content (AvgIpc) is 2.76. The van der Waals surface area contributed by atoms with Gasteiger partial charge in [-0.1, -0.05) is 6.07 Å². The Kier molecular flexibility index (Phi) is 6.65. The minimum Gasteiger partial charge on any atom is -0.473 e. The second-order valence-corrected chi connectivity index (χ2v) is 8.67. The first-order valence-corrected chi connectivity index (χ1v) is 10.9. The number of carbonyl (C=O) groups excluding carboxylic acids is 1. The van der Waals surface area contributed by atoms with Crippen molar-refractivity contribution in [2.45, 2.75) is 33.0 Å². The van der Waals surface area contributed by atoms with Gasteiger partial charge in [-0.2, -0.15) is 0 Å². The van der Waals surface area contributed by atoms with Gasteiger partial charge >= 0.3 is 6.09 Å². The number of hydrogen-bond acceptors (Lipinski definition) is 6. The second kappa shape index (κ2) is 9.63. The number of fused-ring (bicyclic) bond motifs is 2. The van der Waals surface area contributed by atoms with Crippen LogP contribution in [0.5, 0.6) is 5.88 Å². The number of amides is 1. The molecule has 2 unspecified atom stereocenters. The van der Waals surface area contributed by atoms with E-state index in [1.165, 1.54) is 12.1 Å². The monoisotopic (exact) mass is 454 g/mol. The van der Waals surface area contributed by atoms with E-state index in [-0.39, 0.29) is 41.5 Å². The average molecular weight is 455 g/mol. The normalized spacial score (nSPS) is 21.9. The maximum absolute atomic E-state index is 14.4. The van der Waals surface area contributed by atoms with Crippen molar-refractivity contribution in [3.63, 3.8) is 0 Å². The van der Waals surface area contributed by atoms with Crippen LogP contribution < -0.4 is 10.1 Å². The predicted octanol–water partition coefficient (Wildman–Crippen LogP) is 4.69. The Morgan fingerprint density at radius 3 is 2.64 bits per heavy atom. The molecule has 2 saturated heterocycles. The lowest BCUT2D eigenvalue weighted by Gasteiger charge is -2.46. The molecule has 2 aliphatic heterocycles. The van der Waals surface area contributed by atoms with Gasteiger partial charge in [0.2, 0.25) is 5.88 Å². The van der Waals surface area contributed by atoms with Gasteiger partial charge in [0.25, 0.3) is 0 Å². The third-order valence-corrected chi connectivity index (χ3v) is 5.85. The topological polar surface area (TPSA) is 77.3 Å². The number of nitrogens with one attached hydrogen (secondary N) is 1. The lowest BCUT2D eigenvalue weighted by atomic mass is 9.84. The lowest BCUT2D eigenvalue weighted by molar-refractivity contribution is -0.111. The molecule has 1 aromatic carbocycles. The van der Waals surface area contributed by atoms with E-state index in [1.807, 2.05) is 20.8 Å². The van der Waals surface area contributed by atoms with Gasteiger partial charge in [0.15, 0.2) is 5.69 Å². The van der Waals surface area contributed by atoms with Crippen LogP contribution in [-0.4, -0.2) is 54.5 Å². The van der Waals surface area contributed by atoms with Crippen molar-refractivity contribution in [1.82, 2.24) is 9.88 Å². The molecule has 0 spiro atoms. The molecule has 0 aliphatic carbocycles. The summed E-state index contributed by atoms with van der Waals surface area (Å²) in [6.45, 7) is 14.5. The fraction of sp³-hybridized carbons (Fsp3) is 0.458. The fourth-order valence-corrected chi connectivity index (χ4v) is 4.24. The van der Waals surface area contributed by atoms with Crippen molar-refractivity contribution in [3.8, 4) is 5.88 Å². The van der Waals surface area contributed by atoms with Crippen LogP contribution in [0.3, 0.4) is 0 Å². The van der Waals surface area contributed by atoms with E-state index < -0.39 is 5.82 Å². The number of carbonyl (C=O) groups is 1. The Balaban J connectivity index is 1.49. The van der Waals surface area contributed by atoms with E-state index in [4.69, 9.17) is 20.8 Å². The third-order valence-electron chi connectivity index (χ3n) is 5.85. The maximum atomic E-state index is 14.4. The Labute approximate surface area is 192 Å². The summed E-state index contributed by atoms with van der Waals surface area (Å²) in [4.78, 5) is 21.8. The van der Waals surface area contributed by atoms with E-state index in [1.54, 1.807) is 23.2 Å². The molecular formula is C24H27FN4O4. The van der Waals surface area contributed by atoms with Crippen LogP contribution in [-0.2, 0) is 9.47 Å². The standard InChI is InChI=1S/C24H27FN4O4/c1-14(2)32-24(30)29-10-16-12-31-13-17(11-29)22(16)33-23-15(3)20(7-8-27-23)28-21-6-5-18(26-4)9-19(21)25/h5-9,14,16-17,22H,10-13H2,1-3H3,(H,27,28). The summed E-state index contributed by atoms with van der Waals surface area (Å²) < 4.78 is 31.8. The van der Waals surface area contributed by atoms with Crippen molar-refractivity contribution in [3.05, 3.63) is 53.3 Å². The second-order valence-electron chi connectivity index (χ2n) is 8.67. The highest BCUT2D eigenvalue weighted by atomic mass is 19.1. The Morgan fingerprint density at radius 2 is 2.00 bits per heavy atom. The van der Waals surface area contributed by atoms with Crippen LogP contribution in [0, 0.1) is 31.1 Å². The van der Waals surface area contributed by atoms with Crippen LogP contribution in [0.15, 0.2) is 30.5 Å². The summed E-state index contributed by atoms with van der Waals surface area (Å²) in [5.41, 5.74) is 1.91. The molecule has 1 aromatic heterocycles. The number of piperidine rings is 1. The molecule has 2 aliphatic rings. The maximum Gasteiger partial charge on any atom is 0.410 e. The molecule has 0 radical (unpaired) electrons. The van der Waals surface area contributed by atoms with Gasteiger partial charge in [-0.15, -0.1) is 0 Å². The van der Waals surface area contributed by atoms with E-state index in [0.717, 1.165) is 5.56 Å². The lowest BCUT2D eigenvalue weighted by Crippen LogP contribution is -2.58. The molecule has 4 rings (SSSR count). The highest BCUT2D eigenvalue weighted by molar-refractivity contribution is 5.68. The van der Waals surface area contributed by atoms with Gasteiger partial charge < -0.3 is 24.4 Å². The first kappa shape index (κ1) is 22.8.